The van der Waals surface area contributed by atoms with Crippen molar-refractivity contribution in [3.8, 4) is 11.5 Å². The van der Waals surface area contributed by atoms with E-state index in [0.717, 1.165) is 23.6 Å². The van der Waals surface area contributed by atoms with E-state index in [9.17, 15) is 4.79 Å². The minimum Gasteiger partial charge on any atom is -0.497 e. The molecular weight excluding hydrogens is 270 g/mol. The van der Waals surface area contributed by atoms with Gasteiger partial charge in [0.05, 0.1) is 13.7 Å². The Labute approximate surface area is 125 Å². The molecule has 116 valence electrons. The molecule has 2 N–H and O–H groups in total. The Morgan fingerprint density at radius 3 is 2.90 bits per heavy atom. The van der Waals surface area contributed by atoms with Crippen LogP contribution >= 0.6 is 0 Å². The SMILES string of the molecule is CNC(C)c1ccc(OC)cc1OCCN1CCNC1=O. The molecule has 2 amide bonds. The van der Waals surface area contributed by atoms with Crippen LogP contribution in [-0.2, 0) is 0 Å². The molecule has 0 aromatic heterocycles. The number of nitrogens with one attached hydrogen (secondary N) is 2. The molecule has 0 aliphatic carbocycles. The van der Waals surface area contributed by atoms with E-state index < -0.39 is 0 Å². The lowest BCUT2D eigenvalue weighted by molar-refractivity contribution is 0.202. The Hall–Kier alpha value is -1.95. The molecule has 1 aromatic rings. The lowest BCUT2D eigenvalue weighted by atomic mass is 10.1. The molecule has 1 atom stereocenters. The van der Waals surface area contributed by atoms with E-state index >= 15 is 0 Å². The summed E-state index contributed by atoms with van der Waals surface area (Å²) in [7, 11) is 3.54. The maximum Gasteiger partial charge on any atom is 0.317 e. The molecule has 1 saturated heterocycles. The van der Waals surface area contributed by atoms with Gasteiger partial charge in [0, 0.05) is 30.8 Å². The second-order valence-corrected chi connectivity index (χ2v) is 4.98. The fourth-order valence-electron chi connectivity index (χ4n) is 2.27. The third kappa shape index (κ3) is 3.78. The lowest BCUT2D eigenvalue weighted by Gasteiger charge is -2.19. The van der Waals surface area contributed by atoms with Gasteiger partial charge in [-0.15, -0.1) is 0 Å². The van der Waals surface area contributed by atoms with Crippen LogP contribution in [0, 0.1) is 0 Å². The van der Waals surface area contributed by atoms with Crippen LogP contribution in [0.15, 0.2) is 18.2 Å². The van der Waals surface area contributed by atoms with Gasteiger partial charge in [0.1, 0.15) is 18.1 Å². The van der Waals surface area contributed by atoms with Gasteiger partial charge in [-0.1, -0.05) is 6.07 Å². The molecule has 6 heteroatoms. The highest BCUT2D eigenvalue weighted by Gasteiger charge is 2.19. The molecule has 1 unspecified atom stereocenters. The molecule has 1 heterocycles. The summed E-state index contributed by atoms with van der Waals surface area (Å²) in [6.45, 7) is 4.56. The summed E-state index contributed by atoms with van der Waals surface area (Å²) in [5.41, 5.74) is 1.07. The van der Waals surface area contributed by atoms with Crippen LogP contribution in [0.25, 0.3) is 0 Å². The molecule has 0 spiro atoms. The standard InChI is InChI=1S/C15H23N3O3/c1-11(16-2)13-5-4-12(20-3)10-14(13)21-9-8-18-7-6-17-15(18)19/h4-5,10-11,16H,6-9H2,1-3H3,(H,17,19). The van der Waals surface area contributed by atoms with E-state index in [1.165, 1.54) is 0 Å². The monoisotopic (exact) mass is 293 g/mol. The van der Waals surface area contributed by atoms with E-state index in [1.54, 1.807) is 12.0 Å². The zero-order valence-electron chi connectivity index (χ0n) is 12.8. The van der Waals surface area contributed by atoms with Crippen molar-refractivity contribution in [2.75, 3.05) is 40.4 Å². The zero-order valence-corrected chi connectivity index (χ0v) is 12.8. The summed E-state index contributed by atoms with van der Waals surface area (Å²) >= 11 is 0. The molecule has 0 radical (unpaired) electrons. The van der Waals surface area contributed by atoms with Crippen molar-refractivity contribution in [2.45, 2.75) is 13.0 Å². The molecule has 21 heavy (non-hydrogen) atoms. The summed E-state index contributed by atoms with van der Waals surface area (Å²) < 4.78 is 11.1. The molecule has 0 bridgehead atoms. The number of hydrogen-bond donors (Lipinski definition) is 2. The third-order valence-corrected chi connectivity index (χ3v) is 3.68. The first-order chi connectivity index (χ1) is 10.2. The Morgan fingerprint density at radius 1 is 1.48 bits per heavy atom. The van der Waals surface area contributed by atoms with Crippen molar-refractivity contribution in [3.63, 3.8) is 0 Å². The molecule has 1 aliphatic rings. The fraction of sp³-hybridized carbons (Fsp3) is 0.533. The molecule has 6 nitrogen and oxygen atoms in total. The highest BCUT2D eigenvalue weighted by Crippen LogP contribution is 2.29. The first-order valence-electron chi connectivity index (χ1n) is 7.16. The van der Waals surface area contributed by atoms with E-state index in [1.807, 2.05) is 25.2 Å². The number of benzene rings is 1. The number of methoxy groups -OCH3 is 1. The Balaban J connectivity index is 2.01. The van der Waals surface area contributed by atoms with Gasteiger partial charge in [0.2, 0.25) is 0 Å². The maximum absolute atomic E-state index is 11.5. The van der Waals surface area contributed by atoms with Gasteiger partial charge in [-0.05, 0) is 20.0 Å². The van der Waals surface area contributed by atoms with E-state index in [2.05, 4.69) is 17.6 Å². The van der Waals surface area contributed by atoms with E-state index in [4.69, 9.17) is 9.47 Å². The van der Waals surface area contributed by atoms with E-state index in [0.29, 0.717) is 19.7 Å². The molecular formula is C15H23N3O3. The number of nitrogens with zero attached hydrogens (tertiary/aromatic N) is 1. The van der Waals surface area contributed by atoms with Crippen LogP contribution < -0.4 is 20.1 Å². The quantitative estimate of drug-likeness (QED) is 0.797. The van der Waals surface area contributed by atoms with Crippen LogP contribution in [0.2, 0.25) is 0 Å². The van der Waals surface area contributed by atoms with Crippen molar-refractivity contribution >= 4 is 6.03 Å². The first-order valence-corrected chi connectivity index (χ1v) is 7.16. The zero-order chi connectivity index (χ0) is 15.2. The molecule has 1 aliphatic heterocycles. The van der Waals surface area contributed by atoms with Crippen molar-refractivity contribution in [3.05, 3.63) is 23.8 Å². The van der Waals surface area contributed by atoms with Crippen molar-refractivity contribution < 1.29 is 14.3 Å². The number of hydrogen-bond acceptors (Lipinski definition) is 4. The van der Waals surface area contributed by atoms with Crippen LogP contribution in [0.5, 0.6) is 11.5 Å². The summed E-state index contributed by atoms with van der Waals surface area (Å²) in [4.78, 5) is 13.2. The predicted octanol–water partition coefficient (Wildman–Crippen LogP) is 1.38. The molecule has 1 fully saturated rings. The second kappa shape index (κ2) is 7.17. The topological polar surface area (TPSA) is 62.8 Å². The smallest absolute Gasteiger partial charge is 0.317 e. The van der Waals surface area contributed by atoms with Crippen molar-refractivity contribution in [1.29, 1.82) is 0 Å². The molecule has 1 aromatic carbocycles. The number of amides is 2. The minimum atomic E-state index is -0.0203. The second-order valence-electron chi connectivity index (χ2n) is 4.98. The maximum atomic E-state index is 11.5. The molecule has 0 saturated carbocycles. The van der Waals surface area contributed by atoms with Gasteiger partial charge in [-0.2, -0.15) is 0 Å². The van der Waals surface area contributed by atoms with Gasteiger partial charge in [-0.3, -0.25) is 0 Å². The minimum absolute atomic E-state index is 0.0203. The van der Waals surface area contributed by atoms with Gasteiger partial charge in [0.15, 0.2) is 0 Å². The summed E-state index contributed by atoms with van der Waals surface area (Å²) in [6.07, 6.45) is 0. The average Bonchev–Trinajstić information content (AvgIpc) is 2.91. The Kier molecular flexibility index (Phi) is 5.27. The van der Waals surface area contributed by atoms with Gasteiger partial charge in [0.25, 0.3) is 0 Å². The van der Waals surface area contributed by atoms with Gasteiger partial charge >= 0.3 is 6.03 Å². The highest BCUT2D eigenvalue weighted by atomic mass is 16.5. The number of carbonyl (C=O) groups excluding carboxylic acids is 1. The first kappa shape index (κ1) is 15.4. The Bertz CT molecular complexity index is 493. The summed E-state index contributed by atoms with van der Waals surface area (Å²) in [5, 5.41) is 5.98. The predicted molar refractivity (Wildman–Crippen MR) is 80.9 cm³/mol. The normalized spacial score (nSPS) is 15.8. The summed E-state index contributed by atoms with van der Waals surface area (Å²) in [5.74, 6) is 1.55. The van der Waals surface area contributed by atoms with E-state index in [-0.39, 0.29) is 12.1 Å². The fourth-order valence-corrected chi connectivity index (χ4v) is 2.27. The number of ether oxygens (including phenoxy) is 2. The van der Waals surface area contributed by atoms with Crippen molar-refractivity contribution in [2.24, 2.45) is 0 Å². The summed E-state index contributed by atoms with van der Waals surface area (Å²) in [6, 6.07) is 5.96. The largest absolute Gasteiger partial charge is 0.497 e. The van der Waals surface area contributed by atoms with Gasteiger partial charge in [-0.25, -0.2) is 4.79 Å². The number of rotatable bonds is 7. The van der Waals surface area contributed by atoms with Crippen LogP contribution in [0.4, 0.5) is 4.79 Å². The Morgan fingerprint density at radius 2 is 2.29 bits per heavy atom. The number of carbonyl (C=O) groups is 1. The van der Waals surface area contributed by atoms with Crippen LogP contribution in [0.1, 0.15) is 18.5 Å². The third-order valence-electron chi connectivity index (χ3n) is 3.68. The van der Waals surface area contributed by atoms with Gasteiger partial charge < -0.3 is 25.0 Å². The highest BCUT2D eigenvalue weighted by molar-refractivity contribution is 5.76. The average molecular weight is 293 g/mol. The van der Waals surface area contributed by atoms with Crippen molar-refractivity contribution in [1.82, 2.24) is 15.5 Å². The van der Waals surface area contributed by atoms with Crippen LogP contribution in [-0.4, -0.2) is 51.3 Å². The molecule has 2 rings (SSSR count). The lowest BCUT2D eigenvalue weighted by Crippen LogP contribution is -2.32. The van der Waals surface area contributed by atoms with Crippen LogP contribution in [0.3, 0.4) is 0 Å². The number of urea groups is 1.